The smallest absolute Gasteiger partial charge is 0.253 e. The molecule has 0 N–H and O–H groups in total. The molecule has 0 saturated carbocycles. The average Bonchev–Trinajstić information content (AvgIpc) is 2.80. The van der Waals surface area contributed by atoms with Crippen molar-refractivity contribution in [3.05, 3.63) is 72.3 Å². The van der Waals surface area contributed by atoms with Crippen LogP contribution in [-0.4, -0.2) is 54.3 Å². The molecule has 7 nitrogen and oxygen atoms in total. The van der Waals surface area contributed by atoms with Crippen molar-refractivity contribution in [2.45, 2.75) is 18.9 Å². The van der Waals surface area contributed by atoms with Gasteiger partial charge in [0.1, 0.15) is 17.6 Å². The van der Waals surface area contributed by atoms with Crippen LogP contribution in [-0.2, 0) is 0 Å². The molecule has 2 aromatic carbocycles. The van der Waals surface area contributed by atoms with E-state index in [1.807, 2.05) is 78.5 Å². The van der Waals surface area contributed by atoms with E-state index in [9.17, 15) is 4.79 Å². The van der Waals surface area contributed by atoms with Crippen molar-refractivity contribution in [3.63, 3.8) is 0 Å². The molecule has 1 saturated heterocycles. The normalized spacial score (nSPS) is 15.9. The number of hydrogen-bond donors (Lipinski definition) is 0. The van der Waals surface area contributed by atoms with Crippen LogP contribution in [0.25, 0.3) is 0 Å². The molecule has 7 heteroatoms. The van der Waals surface area contributed by atoms with E-state index in [-0.39, 0.29) is 12.0 Å². The van der Waals surface area contributed by atoms with E-state index < -0.39 is 0 Å². The fourth-order valence-corrected chi connectivity index (χ4v) is 3.48. The topological polar surface area (TPSA) is 67.8 Å². The Bertz CT molecular complexity index is 992. The summed E-state index contributed by atoms with van der Waals surface area (Å²) >= 11 is 0. The van der Waals surface area contributed by atoms with E-state index >= 15 is 0 Å². The molecule has 31 heavy (non-hydrogen) atoms. The van der Waals surface area contributed by atoms with Gasteiger partial charge in [-0.1, -0.05) is 18.2 Å². The summed E-state index contributed by atoms with van der Waals surface area (Å²) in [4.78, 5) is 16.7. The molecule has 1 atom stereocenters. The second-order valence-corrected chi connectivity index (χ2v) is 7.70. The highest BCUT2D eigenvalue weighted by Gasteiger charge is 2.26. The number of para-hydroxylation sites is 1. The number of piperidine rings is 1. The molecule has 4 rings (SSSR count). The van der Waals surface area contributed by atoms with Crippen LogP contribution in [0, 0.1) is 0 Å². The summed E-state index contributed by atoms with van der Waals surface area (Å²) in [6, 6.07) is 20.5. The van der Waals surface area contributed by atoms with Crippen molar-refractivity contribution in [1.29, 1.82) is 0 Å². The summed E-state index contributed by atoms with van der Waals surface area (Å²) in [5, 5.41) is 8.28. The average molecular weight is 418 g/mol. The zero-order valence-corrected chi connectivity index (χ0v) is 17.8. The number of anilines is 1. The molecule has 0 radical (unpaired) electrons. The lowest BCUT2D eigenvalue weighted by molar-refractivity contribution is 0.0525. The Labute approximate surface area is 182 Å². The van der Waals surface area contributed by atoms with Crippen LogP contribution in [0.1, 0.15) is 23.2 Å². The zero-order chi connectivity index (χ0) is 21.6. The minimum Gasteiger partial charge on any atom is -0.471 e. The summed E-state index contributed by atoms with van der Waals surface area (Å²) in [5.41, 5.74) is 0.635. The van der Waals surface area contributed by atoms with Crippen molar-refractivity contribution in [1.82, 2.24) is 15.1 Å². The Hall–Kier alpha value is -3.61. The van der Waals surface area contributed by atoms with Crippen molar-refractivity contribution >= 4 is 11.7 Å². The third-order valence-electron chi connectivity index (χ3n) is 5.12. The number of hydrogen-bond acceptors (Lipinski definition) is 6. The lowest BCUT2D eigenvalue weighted by Crippen LogP contribution is -2.44. The minimum absolute atomic E-state index is 0.00592. The van der Waals surface area contributed by atoms with Crippen LogP contribution in [0.5, 0.6) is 17.4 Å². The molecule has 1 aliphatic rings. The van der Waals surface area contributed by atoms with Crippen LogP contribution in [0.3, 0.4) is 0 Å². The summed E-state index contributed by atoms with van der Waals surface area (Å²) in [5.74, 6) is 2.70. The van der Waals surface area contributed by atoms with Gasteiger partial charge in [-0.05, 0) is 55.3 Å². The van der Waals surface area contributed by atoms with Crippen molar-refractivity contribution < 1.29 is 14.3 Å². The number of aromatic nitrogens is 2. The third-order valence-corrected chi connectivity index (χ3v) is 5.12. The molecular weight excluding hydrogens is 392 g/mol. The van der Waals surface area contributed by atoms with Crippen LogP contribution in [0.15, 0.2) is 66.7 Å². The number of nitrogens with zero attached hydrogens (tertiary/aromatic N) is 4. The second-order valence-electron chi connectivity index (χ2n) is 7.70. The second kappa shape index (κ2) is 9.47. The molecule has 1 amide bonds. The lowest BCUT2D eigenvalue weighted by atomic mass is 10.1. The van der Waals surface area contributed by atoms with Gasteiger partial charge >= 0.3 is 0 Å². The van der Waals surface area contributed by atoms with Gasteiger partial charge in [0.05, 0.1) is 6.54 Å². The van der Waals surface area contributed by atoms with E-state index in [0.717, 1.165) is 24.4 Å². The van der Waals surface area contributed by atoms with Gasteiger partial charge in [-0.2, -0.15) is 0 Å². The molecule has 1 aromatic heterocycles. The molecule has 0 spiro atoms. The van der Waals surface area contributed by atoms with Gasteiger partial charge in [-0.15, -0.1) is 10.2 Å². The first-order valence-electron chi connectivity index (χ1n) is 10.4. The third kappa shape index (κ3) is 5.31. The largest absolute Gasteiger partial charge is 0.471 e. The number of rotatable bonds is 6. The van der Waals surface area contributed by atoms with E-state index in [2.05, 4.69) is 10.2 Å². The fourth-order valence-electron chi connectivity index (χ4n) is 3.48. The highest BCUT2D eigenvalue weighted by Crippen LogP contribution is 2.23. The summed E-state index contributed by atoms with van der Waals surface area (Å²) in [6.07, 6.45) is 1.66. The molecule has 160 valence electrons. The maximum atomic E-state index is 13.0. The van der Waals surface area contributed by atoms with Crippen molar-refractivity contribution in [3.8, 4) is 17.4 Å². The zero-order valence-electron chi connectivity index (χ0n) is 17.8. The molecular formula is C24H26N4O3. The first-order valence-corrected chi connectivity index (χ1v) is 10.4. The number of amides is 1. The monoisotopic (exact) mass is 418 g/mol. The van der Waals surface area contributed by atoms with Gasteiger partial charge in [0.2, 0.25) is 5.88 Å². The summed E-state index contributed by atoms with van der Waals surface area (Å²) < 4.78 is 11.8. The van der Waals surface area contributed by atoms with Gasteiger partial charge < -0.3 is 19.3 Å². The predicted molar refractivity (Wildman–Crippen MR) is 119 cm³/mol. The molecule has 1 fully saturated rings. The summed E-state index contributed by atoms with van der Waals surface area (Å²) in [6.45, 7) is 1.24. The highest BCUT2D eigenvalue weighted by molar-refractivity contribution is 5.94. The Balaban J connectivity index is 1.35. The molecule has 1 unspecified atom stereocenters. The molecule has 0 bridgehead atoms. The van der Waals surface area contributed by atoms with Crippen LogP contribution < -0.4 is 14.4 Å². The van der Waals surface area contributed by atoms with Gasteiger partial charge in [-0.3, -0.25) is 4.79 Å². The number of carbonyl (C=O) groups is 1. The fraction of sp³-hybridized carbons (Fsp3) is 0.292. The molecule has 2 heterocycles. The van der Waals surface area contributed by atoms with E-state index in [1.165, 1.54) is 0 Å². The maximum absolute atomic E-state index is 13.0. The van der Waals surface area contributed by atoms with Crippen LogP contribution >= 0.6 is 0 Å². The highest BCUT2D eigenvalue weighted by atomic mass is 16.5. The van der Waals surface area contributed by atoms with Gasteiger partial charge in [-0.25, -0.2) is 0 Å². The Morgan fingerprint density at radius 1 is 0.968 bits per heavy atom. The lowest BCUT2D eigenvalue weighted by Gasteiger charge is -2.32. The van der Waals surface area contributed by atoms with Gasteiger partial charge in [0, 0.05) is 32.3 Å². The van der Waals surface area contributed by atoms with Crippen molar-refractivity contribution in [2.75, 3.05) is 32.1 Å². The summed E-state index contributed by atoms with van der Waals surface area (Å²) in [7, 11) is 3.82. The minimum atomic E-state index is -0.0992. The molecule has 1 aliphatic heterocycles. The Morgan fingerprint density at radius 3 is 2.39 bits per heavy atom. The van der Waals surface area contributed by atoms with Crippen LogP contribution in [0.4, 0.5) is 5.82 Å². The Morgan fingerprint density at radius 2 is 1.71 bits per heavy atom. The predicted octanol–water partition coefficient (Wildman–Crippen LogP) is 4.02. The van der Waals surface area contributed by atoms with E-state index in [0.29, 0.717) is 30.3 Å². The number of ether oxygens (including phenoxy) is 2. The Kier molecular flexibility index (Phi) is 6.31. The molecule has 3 aromatic rings. The van der Waals surface area contributed by atoms with Gasteiger partial charge in [0.25, 0.3) is 5.91 Å². The number of benzene rings is 2. The SMILES string of the molecule is CN(C)c1ccc(OC2CCCN(C(=O)c3ccc(Oc4ccccc4)cc3)C2)nn1. The van der Waals surface area contributed by atoms with Crippen molar-refractivity contribution in [2.24, 2.45) is 0 Å². The first-order chi connectivity index (χ1) is 15.1. The first kappa shape index (κ1) is 20.7. The van der Waals surface area contributed by atoms with Gasteiger partial charge in [0.15, 0.2) is 5.82 Å². The number of carbonyl (C=O) groups excluding carboxylic acids is 1. The molecule has 0 aliphatic carbocycles. The standard InChI is InChI=1S/C24H26N4O3/c1-27(2)22-14-15-23(26-25-22)31-21-9-6-16-28(17-21)24(29)18-10-12-20(13-11-18)30-19-7-4-3-5-8-19/h3-5,7-8,10-15,21H,6,9,16-17H2,1-2H3. The maximum Gasteiger partial charge on any atom is 0.253 e. The van der Waals surface area contributed by atoms with Crippen LogP contribution in [0.2, 0.25) is 0 Å². The van der Waals surface area contributed by atoms with E-state index in [4.69, 9.17) is 9.47 Å². The quantitative estimate of drug-likeness (QED) is 0.602. The number of likely N-dealkylation sites (tertiary alicyclic amines) is 1. The van der Waals surface area contributed by atoms with E-state index in [1.54, 1.807) is 12.1 Å².